The Bertz CT molecular complexity index is 1420. The van der Waals surface area contributed by atoms with Crippen LogP contribution in [0.5, 0.6) is 0 Å². The van der Waals surface area contributed by atoms with Gasteiger partial charge in [-0.1, -0.05) is 48.5 Å². The van der Waals surface area contributed by atoms with E-state index in [0.717, 1.165) is 22.6 Å². The van der Waals surface area contributed by atoms with Crippen LogP contribution in [0.15, 0.2) is 90.1 Å². The highest BCUT2D eigenvalue weighted by molar-refractivity contribution is 7.91. The maximum atomic E-state index is 14.3. The molecule has 2 atom stereocenters. The first-order valence-corrected chi connectivity index (χ1v) is 13.6. The number of hydrogen-bond donors (Lipinski definition) is 2. The van der Waals surface area contributed by atoms with Gasteiger partial charge in [-0.2, -0.15) is 0 Å². The second-order valence-corrected chi connectivity index (χ2v) is 11.2. The fourth-order valence-electron chi connectivity index (χ4n) is 4.99. The molecule has 1 aromatic heterocycles. The molecular formula is C28H29FN4O2S. The summed E-state index contributed by atoms with van der Waals surface area (Å²) in [6.07, 6.45) is 2.09. The quantitative estimate of drug-likeness (QED) is 0.350. The van der Waals surface area contributed by atoms with Crippen LogP contribution in [0.1, 0.15) is 27.8 Å². The number of aromatic amines is 1. The summed E-state index contributed by atoms with van der Waals surface area (Å²) in [4.78, 5) is 9.99. The van der Waals surface area contributed by atoms with E-state index in [1.165, 1.54) is 24.3 Å². The van der Waals surface area contributed by atoms with Gasteiger partial charge in [0.1, 0.15) is 11.1 Å². The summed E-state index contributed by atoms with van der Waals surface area (Å²) >= 11 is 0. The van der Waals surface area contributed by atoms with Crippen molar-refractivity contribution in [2.45, 2.75) is 36.1 Å². The van der Waals surface area contributed by atoms with Gasteiger partial charge in [-0.05, 0) is 48.4 Å². The molecule has 0 bridgehead atoms. The minimum Gasteiger partial charge on any atom is -0.383 e. The summed E-state index contributed by atoms with van der Waals surface area (Å²) in [5, 5.41) is 2.60. The number of aromatic nitrogens is 2. The van der Waals surface area contributed by atoms with Crippen LogP contribution >= 0.6 is 0 Å². The molecule has 6 nitrogen and oxygen atoms in total. The number of aryl methyl sites for hydroxylation is 1. The van der Waals surface area contributed by atoms with E-state index in [4.69, 9.17) is 0 Å². The minimum absolute atomic E-state index is 0.106. The van der Waals surface area contributed by atoms with Crippen molar-refractivity contribution in [1.82, 2.24) is 14.9 Å². The molecule has 3 aromatic carbocycles. The Morgan fingerprint density at radius 2 is 1.72 bits per heavy atom. The number of nitrogens with zero attached hydrogens (tertiary/aromatic N) is 2. The van der Waals surface area contributed by atoms with Crippen molar-refractivity contribution in [2.75, 3.05) is 18.4 Å². The van der Waals surface area contributed by atoms with E-state index in [2.05, 4.69) is 32.3 Å². The monoisotopic (exact) mass is 504 g/mol. The third kappa shape index (κ3) is 4.92. The van der Waals surface area contributed by atoms with Gasteiger partial charge in [0.2, 0.25) is 0 Å². The molecule has 0 spiro atoms. The van der Waals surface area contributed by atoms with E-state index in [9.17, 15) is 12.8 Å². The SMILES string of the molecule is Cc1[nH]cnc1CC(C(c1ccccc1)S(=O)(=O)c1ccc(F)cc1)N1CCNc2ccccc2C1. The molecule has 36 heavy (non-hydrogen) atoms. The zero-order chi connectivity index (χ0) is 25.1. The van der Waals surface area contributed by atoms with Crippen molar-refractivity contribution in [3.8, 4) is 0 Å². The van der Waals surface area contributed by atoms with Gasteiger partial charge in [-0.25, -0.2) is 17.8 Å². The molecule has 186 valence electrons. The number of para-hydroxylation sites is 1. The molecule has 5 rings (SSSR count). The van der Waals surface area contributed by atoms with Crippen LogP contribution in [-0.4, -0.2) is 42.4 Å². The van der Waals surface area contributed by atoms with E-state index >= 15 is 0 Å². The Balaban J connectivity index is 1.65. The Morgan fingerprint density at radius 3 is 2.44 bits per heavy atom. The number of rotatable bonds is 7. The maximum Gasteiger partial charge on any atom is 0.186 e. The summed E-state index contributed by atoms with van der Waals surface area (Å²) in [7, 11) is -3.89. The zero-order valence-electron chi connectivity index (χ0n) is 20.1. The van der Waals surface area contributed by atoms with Gasteiger partial charge >= 0.3 is 0 Å². The summed E-state index contributed by atoms with van der Waals surface area (Å²) in [6.45, 7) is 3.89. The molecule has 2 unspecified atom stereocenters. The van der Waals surface area contributed by atoms with Gasteiger partial charge in [0.25, 0.3) is 0 Å². The minimum atomic E-state index is -3.89. The number of hydrogen-bond acceptors (Lipinski definition) is 5. The summed E-state index contributed by atoms with van der Waals surface area (Å²) in [5.41, 5.74) is 4.63. The predicted octanol–water partition coefficient (Wildman–Crippen LogP) is 4.91. The molecule has 0 amide bonds. The molecule has 0 radical (unpaired) electrons. The van der Waals surface area contributed by atoms with Gasteiger partial charge in [0, 0.05) is 43.5 Å². The van der Waals surface area contributed by atoms with E-state index < -0.39 is 26.9 Å². The highest BCUT2D eigenvalue weighted by atomic mass is 32.2. The van der Waals surface area contributed by atoms with Crippen molar-refractivity contribution in [3.63, 3.8) is 0 Å². The maximum absolute atomic E-state index is 14.3. The lowest BCUT2D eigenvalue weighted by atomic mass is 9.98. The number of halogens is 1. The summed E-state index contributed by atoms with van der Waals surface area (Å²) in [5.74, 6) is -0.468. The second kappa shape index (κ2) is 10.2. The van der Waals surface area contributed by atoms with Gasteiger partial charge in [-0.3, -0.25) is 4.90 Å². The number of nitrogens with one attached hydrogen (secondary N) is 2. The first kappa shape index (κ1) is 24.2. The van der Waals surface area contributed by atoms with Gasteiger partial charge in [-0.15, -0.1) is 0 Å². The zero-order valence-corrected chi connectivity index (χ0v) is 20.9. The molecule has 0 saturated heterocycles. The molecular weight excluding hydrogens is 475 g/mol. The van der Waals surface area contributed by atoms with Crippen LogP contribution in [0.2, 0.25) is 0 Å². The number of sulfone groups is 1. The van der Waals surface area contributed by atoms with Crippen LogP contribution in [0.4, 0.5) is 10.1 Å². The van der Waals surface area contributed by atoms with E-state index in [0.29, 0.717) is 31.6 Å². The smallest absolute Gasteiger partial charge is 0.186 e. The summed E-state index contributed by atoms with van der Waals surface area (Å²) in [6, 6.07) is 22.1. The topological polar surface area (TPSA) is 78.1 Å². The highest BCUT2D eigenvalue weighted by Gasteiger charge is 2.40. The third-order valence-electron chi connectivity index (χ3n) is 6.87. The lowest BCUT2D eigenvalue weighted by molar-refractivity contribution is 0.188. The Hall–Kier alpha value is -3.49. The standard InChI is InChI=1S/C28H29FN4O2S/c1-20-26(32-19-31-20)17-27(33-16-15-30-25-10-6-5-9-22(25)18-33)28(21-7-3-2-4-8-21)36(34,35)24-13-11-23(29)12-14-24/h2-14,19,27-28,30H,15-18H2,1H3,(H,31,32). The van der Waals surface area contributed by atoms with Crippen LogP contribution in [0.25, 0.3) is 0 Å². The number of anilines is 1. The highest BCUT2D eigenvalue weighted by Crippen LogP contribution is 2.37. The van der Waals surface area contributed by atoms with Gasteiger partial charge < -0.3 is 10.3 Å². The normalized spacial score (nSPS) is 15.9. The summed E-state index contributed by atoms with van der Waals surface area (Å²) < 4.78 is 42.3. The van der Waals surface area contributed by atoms with Crippen molar-refractivity contribution < 1.29 is 12.8 Å². The number of imidazole rings is 1. The fraction of sp³-hybridized carbons (Fsp3) is 0.250. The molecule has 0 saturated carbocycles. The first-order chi connectivity index (χ1) is 17.4. The average Bonchev–Trinajstić information content (AvgIpc) is 3.16. The average molecular weight is 505 g/mol. The molecule has 1 aliphatic heterocycles. The van der Waals surface area contributed by atoms with Crippen LogP contribution in [-0.2, 0) is 22.8 Å². The van der Waals surface area contributed by atoms with Crippen molar-refractivity contribution >= 4 is 15.5 Å². The number of H-pyrrole nitrogens is 1. The molecule has 4 aromatic rings. The molecule has 8 heteroatoms. The lowest BCUT2D eigenvalue weighted by Gasteiger charge is -2.36. The Labute approximate surface area is 211 Å². The Kier molecular flexibility index (Phi) is 6.89. The number of benzene rings is 3. The number of fused-ring (bicyclic) bond motifs is 1. The predicted molar refractivity (Wildman–Crippen MR) is 139 cm³/mol. The molecule has 0 fully saturated rings. The third-order valence-corrected chi connectivity index (χ3v) is 9.05. The van der Waals surface area contributed by atoms with Crippen LogP contribution in [0.3, 0.4) is 0 Å². The van der Waals surface area contributed by atoms with Crippen LogP contribution < -0.4 is 5.32 Å². The first-order valence-electron chi connectivity index (χ1n) is 12.0. The largest absolute Gasteiger partial charge is 0.383 e. The van der Waals surface area contributed by atoms with E-state index in [-0.39, 0.29) is 4.90 Å². The molecule has 2 N–H and O–H groups in total. The van der Waals surface area contributed by atoms with Crippen molar-refractivity contribution in [2.24, 2.45) is 0 Å². The fourth-order valence-corrected chi connectivity index (χ4v) is 6.99. The van der Waals surface area contributed by atoms with Crippen molar-refractivity contribution in [1.29, 1.82) is 0 Å². The Morgan fingerprint density at radius 1 is 1.00 bits per heavy atom. The second-order valence-electron chi connectivity index (χ2n) is 9.13. The van der Waals surface area contributed by atoms with E-state index in [1.54, 1.807) is 6.33 Å². The molecule has 1 aliphatic rings. The molecule has 2 heterocycles. The van der Waals surface area contributed by atoms with Crippen molar-refractivity contribution in [3.05, 3.63) is 114 Å². The van der Waals surface area contributed by atoms with Gasteiger partial charge in [0.15, 0.2) is 9.84 Å². The molecule has 0 aliphatic carbocycles. The van der Waals surface area contributed by atoms with E-state index in [1.807, 2.05) is 49.4 Å². The van der Waals surface area contributed by atoms with Gasteiger partial charge in [0.05, 0.1) is 16.9 Å². The van der Waals surface area contributed by atoms with Crippen LogP contribution in [0, 0.1) is 12.7 Å². The lowest BCUT2D eigenvalue weighted by Crippen LogP contribution is -2.44.